The zero-order valence-electron chi connectivity index (χ0n) is 16.7. The van der Waals surface area contributed by atoms with E-state index in [1.54, 1.807) is 0 Å². The number of hydrogen-bond acceptors (Lipinski definition) is 6. The highest BCUT2D eigenvalue weighted by atomic mass is 16.6. The van der Waals surface area contributed by atoms with Crippen molar-refractivity contribution < 1.29 is 19.1 Å². The summed E-state index contributed by atoms with van der Waals surface area (Å²) in [6.45, 7) is 10.0. The quantitative estimate of drug-likeness (QED) is 0.765. The van der Waals surface area contributed by atoms with Crippen molar-refractivity contribution in [2.75, 3.05) is 46.4 Å². The summed E-state index contributed by atoms with van der Waals surface area (Å²) in [5.74, 6) is -0.235. The molecule has 0 saturated carbocycles. The molecule has 0 aliphatic carbocycles. The lowest BCUT2D eigenvalue weighted by atomic mass is 10.0. The van der Waals surface area contributed by atoms with E-state index < -0.39 is 11.7 Å². The Bertz CT molecular complexity index is 607. The van der Waals surface area contributed by atoms with Crippen LogP contribution in [0.1, 0.15) is 32.4 Å². The Morgan fingerprint density at radius 1 is 1.11 bits per heavy atom. The van der Waals surface area contributed by atoms with Crippen LogP contribution in [0.15, 0.2) is 30.3 Å². The highest BCUT2D eigenvalue weighted by Crippen LogP contribution is 2.23. The lowest BCUT2D eigenvalue weighted by Crippen LogP contribution is -2.51. The molecule has 1 amide bonds. The molecule has 27 heavy (non-hydrogen) atoms. The van der Waals surface area contributed by atoms with Crippen LogP contribution in [0.2, 0.25) is 0 Å². The summed E-state index contributed by atoms with van der Waals surface area (Å²) in [5.41, 5.74) is 0.458. The van der Waals surface area contributed by atoms with Crippen LogP contribution < -0.4 is 5.32 Å². The van der Waals surface area contributed by atoms with Gasteiger partial charge in [-0.15, -0.1) is 0 Å². The fraction of sp³-hybridized carbons (Fsp3) is 0.600. The summed E-state index contributed by atoms with van der Waals surface area (Å²) >= 11 is 0. The molecule has 1 saturated heterocycles. The minimum absolute atomic E-state index is 0.235. The number of hydrogen-bond donors (Lipinski definition) is 1. The second-order valence-corrected chi connectivity index (χ2v) is 7.64. The molecule has 2 rings (SSSR count). The van der Waals surface area contributed by atoms with Crippen molar-refractivity contribution in [1.29, 1.82) is 0 Å². The van der Waals surface area contributed by atoms with Crippen LogP contribution >= 0.6 is 0 Å². The molecule has 1 aromatic carbocycles. The van der Waals surface area contributed by atoms with Gasteiger partial charge in [0.1, 0.15) is 11.6 Å². The lowest BCUT2D eigenvalue weighted by Gasteiger charge is -2.38. The van der Waals surface area contributed by atoms with E-state index in [1.165, 1.54) is 7.11 Å². The van der Waals surface area contributed by atoms with Gasteiger partial charge in [-0.25, -0.2) is 9.59 Å². The number of rotatable bonds is 6. The molecule has 1 aliphatic heterocycles. The molecule has 7 heteroatoms. The molecule has 1 aromatic rings. The molecule has 0 bridgehead atoms. The van der Waals surface area contributed by atoms with Crippen molar-refractivity contribution in [3.05, 3.63) is 35.9 Å². The molecular formula is C20H31N3O4. The minimum Gasteiger partial charge on any atom is -0.468 e. The topological polar surface area (TPSA) is 71.1 Å². The molecule has 1 N–H and O–H groups in total. The average Bonchev–Trinajstić information content (AvgIpc) is 2.62. The Morgan fingerprint density at radius 2 is 1.74 bits per heavy atom. The first-order valence-electron chi connectivity index (χ1n) is 9.36. The number of carbonyl (C=O) groups is 2. The van der Waals surface area contributed by atoms with Crippen LogP contribution in [0.25, 0.3) is 0 Å². The molecule has 7 nitrogen and oxygen atoms in total. The monoisotopic (exact) mass is 377 g/mol. The summed E-state index contributed by atoms with van der Waals surface area (Å²) in [6, 6.07) is 9.34. The van der Waals surface area contributed by atoms with Gasteiger partial charge < -0.3 is 14.8 Å². The zero-order valence-corrected chi connectivity index (χ0v) is 16.7. The van der Waals surface area contributed by atoms with E-state index in [0.717, 1.165) is 38.3 Å². The smallest absolute Gasteiger partial charge is 0.407 e. The van der Waals surface area contributed by atoms with Crippen molar-refractivity contribution in [2.45, 2.75) is 32.4 Å². The SMILES string of the molecule is COC(=O)C(c1ccccc1)N1CCN(CCNC(=O)OC(C)(C)C)CC1. The molecule has 0 radical (unpaired) electrons. The maximum atomic E-state index is 12.3. The number of esters is 1. The van der Waals surface area contributed by atoms with Gasteiger partial charge in [0.2, 0.25) is 0 Å². The van der Waals surface area contributed by atoms with E-state index in [4.69, 9.17) is 9.47 Å². The Kier molecular flexibility index (Phi) is 7.62. The van der Waals surface area contributed by atoms with E-state index >= 15 is 0 Å². The van der Waals surface area contributed by atoms with Crippen molar-refractivity contribution in [2.24, 2.45) is 0 Å². The Morgan fingerprint density at radius 3 is 2.30 bits per heavy atom. The van der Waals surface area contributed by atoms with Crippen LogP contribution in [-0.2, 0) is 14.3 Å². The minimum atomic E-state index is -0.490. The summed E-state index contributed by atoms with van der Waals surface area (Å²) in [5, 5.41) is 2.78. The number of amides is 1. The predicted octanol–water partition coefficient (Wildman–Crippen LogP) is 2.04. The third-order valence-corrected chi connectivity index (χ3v) is 4.41. The van der Waals surface area contributed by atoms with Gasteiger partial charge >= 0.3 is 12.1 Å². The maximum Gasteiger partial charge on any atom is 0.407 e. The first kappa shape index (κ1) is 21.2. The molecule has 1 unspecified atom stereocenters. The van der Waals surface area contributed by atoms with Gasteiger partial charge in [-0.3, -0.25) is 9.80 Å². The molecule has 150 valence electrons. The van der Waals surface area contributed by atoms with Gasteiger partial charge in [-0.05, 0) is 26.3 Å². The first-order chi connectivity index (χ1) is 12.8. The Labute approximate surface area is 161 Å². The number of methoxy groups -OCH3 is 1. The van der Waals surface area contributed by atoms with Crippen LogP contribution in [0.5, 0.6) is 0 Å². The van der Waals surface area contributed by atoms with Crippen molar-refractivity contribution in [3.8, 4) is 0 Å². The third kappa shape index (κ3) is 6.84. The highest BCUT2D eigenvalue weighted by molar-refractivity contribution is 5.77. The second kappa shape index (κ2) is 9.71. The van der Waals surface area contributed by atoms with E-state index in [0.29, 0.717) is 6.54 Å². The molecular weight excluding hydrogens is 346 g/mol. The Balaban J connectivity index is 1.81. The molecule has 1 aliphatic rings. The van der Waals surface area contributed by atoms with Gasteiger partial charge in [0.25, 0.3) is 0 Å². The molecule has 1 atom stereocenters. The van der Waals surface area contributed by atoms with Gasteiger partial charge in [-0.1, -0.05) is 30.3 Å². The fourth-order valence-corrected chi connectivity index (χ4v) is 3.12. The predicted molar refractivity (Wildman–Crippen MR) is 103 cm³/mol. The molecule has 0 aromatic heterocycles. The summed E-state index contributed by atoms with van der Waals surface area (Å²) in [6.07, 6.45) is -0.393. The van der Waals surface area contributed by atoms with Crippen molar-refractivity contribution in [3.63, 3.8) is 0 Å². The summed E-state index contributed by atoms with van der Waals surface area (Å²) < 4.78 is 10.3. The standard InChI is InChI=1S/C20H31N3O4/c1-20(2,3)27-19(25)21-10-11-22-12-14-23(15-13-22)17(18(24)26-4)16-8-6-5-7-9-16/h5-9,17H,10-15H2,1-4H3,(H,21,25). The van der Waals surface area contributed by atoms with Crippen molar-refractivity contribution >= 4 is 12.1 Å². The van der Waals surface area contributed by atoms with Crippen LogP contribution in [0, 0.1) is 0 Å². The number of benzene rings is 1. The highest BCUT2D eigenvalue weighted by Gasteiger charge is 2.31. The van der Waals surface area contributed by atoms with E-state index in [1.807, 2.05) is 51.1 Å². The molecule has 1 heterocycles. The van der Waals surface area contributed by atoms with E-state index in [2.05, 4.69) is 15.1 Å². The van der Waals surface area contributed by atoms with Crippen molar-refractivity contribution in [1.82, 2.24) is 15.1 Å². The number of nitrogens with one attached hydrogen (secondary N) is 1. The number of ether oxygens (including phenoxy) is 2. The first-order valence-corrected chi connectivity index (χ1v) is 9.36. The van der Waals surface area contributed by atoms with E-state index in [9.17, 15) is 9.59 Å². The molecule has 1 fully saturated rings. The normalized spacial score (nSPS) is 17.2. The van der Waals surface area contributed by atoms with Gasteiger partial charge in [0.15, 0.2) is 0 Å². The maximum absolute atomic E-state index is 12.3. The summed E-state index contributed by atoms with van der Waals surface area (Å²) in [4.78, 5) is 28.4. The lowest BCUT2D eigenvalue weighted by molar-refractivity contribution is -0.148. The van der Waals surface area contributed by atoms with Gasteiger partial charge in [0.05, 0.1) is 7.11 Å². The Hall–Kier alpha value is -2.12. The fourth-order valence-electron chi connectivity index (χ4n) is 3.12. The van der Waals surface area contributed by atoms with E-state index in [-0.39, 0.29) is 12.0 Å². The third-order valence-electron chi connectivity index (χ3n) is 4.41. The van der Waals surface area contributed by atoms with Crippen LogP contribution in [-0.4, -0.2) is 73.8 Å². The average molecular weight is 377 g/mol. The zero-order chi connectivity index (χ0) is 19.9. The summed E-state index contributed by atoms with van der Waals surface area (Å²) in [7, 11) is 1.43. The number of carbonyl (C=O) groups excluding carboxylic acids is 2. The second-order valence-electron chi connectivity index (χ2n) is 7.64. The number of nitrogens with zero attached hydrogens (tertiary/aromatic N) is 2. The van der Waals surface area contributed by atoms with Gasteiger partial charge in [-0.2, -0.15) is 0 Å². The van der Waals surface area contributed by atoms with Crippen LogP contribution in [0.4, 0.5) is 4.79 Å². The number of piperazine rings is 1. The number of alkyl carbamates (subject to hydrolysis) is 1. The largest absolute Gasteiger partial charge is 0.468 e. The van der Waals surface area contributed by atoms with Crippen LogP contribution in [0.3, 0.4) is 0 Å². The van der Waals surface area contributed by atoms with Gasteiger partial charge in [0, 0.05) is 39.3 Å². The molecule has 0 spiro atoms.